The number of aromatic nitrogens is 2. The number of carbonyl (C=O) groups is 1. The molecule has 1 aromatic carbocycles. The van der Waals surface area contributed by atoms with Gasteiger partial charge in [-0.1, -0.05) is 18.2 Å². The van der Waals surface area contributed by atoms with E-state index in [1.165, 1.54) is 20.2 Å². The van der Waals surface area contributed by atoms with Crippen molar-refractivity contribution < 1.29 is 23.1 Å². The van der Waals surface area contributed by atoms with Crippen molar-refractivity contribution in [2.24, 2.45) is 0 Å². The molecule has 2 rings (SSSR count). The number of aromatic carboxylic acids is 1. The number of rotatable bonds is 6. The van der Waals surface area contributed by atoms with E-state index in [1.54, 1.807) is 24.3 Å². The minimum Gasteiger partial charge on any atom is -0.487 e. The zero-order chi connectivity index (χ0) is 16.3. The van der Waals surface area contributed by atoms with Crippen LogP contribution in [0.3, 0.4) is 0 Å². The number of ether oxygens (including phenoxy) is 1. The summed E-state index contributed by atoms with van der Waals surface area (Å²) in [7, 11) is -1.42. The van der Waals surface area contributed by atoms with Crippen LogP contribution < -0.4 is 4.74 Å². The Morgan fingerprint density at radius 2 is 1.95 bits per heavy atom. The van der Waals surface area contributed by atoms with E-state index < -0.39 is 21.9 Å². The molecule has 8 nitrogen and oxygen atoms in total. The van der Waals surface area contributed by atoms with E-state index in [0.29, 0.717) is 9.84 Å². The number of carboxylic acid groups (broad SMARTS) is 1. The lowest BCUT2D eigenvalue weighted by Gasteiger charge is -2.11. The molecule has 0 saturated heterocycles. The Morgan fingerprint density at radius 3 is 2.50 bits per heavy atom. The fourth-order valence-corrected chi connectivity index (χ4v) is 2.53. The van der Waals surface area contributed by atoms with Gasteiger partial charge in [0.1, 0.15) is 18.1 Å². The monoisotopic (exact) mass is 325 g/mol. The largest absolute Gasteiger partial charge is 0.487 e. The first-order chi connectivity index (χ1) is 10.3. The number of hydrogen-bond donors (Lipinski definition) is 1. The van der Waals surface area contributed by atoms with E-state index in [4.69, 9.17) is 9.84 Å². The van der Waals surface area contributed by atoms with Gasteiger partial charge in [0, 0.05) is 14.1 Å². The van der Waals surface area contributed by atoms with E-state index in [-0.39, 0.29) is 12.3 Å². The van der Waals surface area contributed by atoms with Gasteiger partial charge >= 0.3 is 16.2 Å². The van der Waals surface area contributed by atoms with Crippen LogP contribution in [0.4, 0.5) is 0 Å². The van der Waals surface area contributed by atoms with Crippen LogP contribution >= 0.6 is 0 Å². The number of para-hydroxylation sites is 1. The van der Waals surface area contributed by atoms with E-state index in [1.807, 2.05) is 6.07 Å². The van der Waals surface area contributed by atoms with Gasteiger partial charge in [-0.3, -0.25) is 0 Å². The molecule has 2 aromatic rings. The molecule has 0 bridgehead atoms. The van der Waals surface area contributed by atoms with Gasteiger partial charge in [0.25, 0.3) is 0 Å². The van der Waals surface area contributed by atoms with Crippen LogP contribution in [0.1, 0.15) is 16.2 Å². The predicted octanol–water partition coefficient (Wildman–Crippen LogP) is 0.815. The van der Waals surface area contributed by atoms with Crippen LogP contribution in [0, 0.1) is 0 Å². The smallest absolute Gasteiger partial charge is 0.355 e. The first kappa shape index (κ1) is 16.0. The number of nitrogens with zero attached hydrogens (tertiary/aromatic N) is 3. The molecule has 0 spiro atoms. The average Bonchev–Trinajstić information content (AvgIpc) is 2.91. The predicted molar refractivity (Wildman–Crippen MR) is 78.0 cm³/mol. The molecule has 22 heavy (non-hydrogen) atoms. The highest BCUT2D eigenvalue weighted by Crippen LogP contribution is 2.14. The highest BCUT2D eigenvalue weighted by molar-refractivity contribution is 7.87. The lowest BCUT2D eigenvalue weighted by molar-refractivity contribution is 0.0688. The Kier molecular flexibility index (Phi) is 4.48. The molecule has 0 fully saturated rings. The quantitative estimate of drug-likeness (QED) is 0.843. The van der Waals surface area contributed by atoms with Crippen molar-refractivity contribution in [2.45, 2.75) is 6.61 Å². The molecule has 0 unspecified atom stereocenters. The van der Waals surface area contributed by atoms with E-state index in [0.717, 1.165) is 4.31 Å². The summed E-state index contributed by atoms with van der Waals surface area (Å²) in [6.45, 7) is -0.0414. The van der Waals surface area contributed by atoms with E-state index >= 15 is 0 Å². The van der Waals surface area contributed by atoms with Crippen LogP contribution in [-0.4, -0.2) is 47.1 Å². The molecule has 1 N–H and O–H groups in total. The van der Waals surface area contributed by atoms with Crippen molar-refractivity contribution in [3.05, 3.63) is 47.8 Å². The van der Waals surface area contributed by atoms with Gasteiger partial charge in [-0.2, -0.15) is 17.8 Å². The summed E-state index contributed by atoms with van der Waals surface area (Å²) >= 11 is 0. The van der Waals surface area contributed by atoms with Gasteiger partial charge in [-0.25, -0.2) is 4.79 Å². The van der Waals surface area contributed by atoms with Crippen molar-refractivity contribution in [1.82, 2.24) is 13.5 Å². The second-order valence-electron chi connectivity index (χ2n) is 4.56. The molecular weight excluding hydrogens is 310 g/mol. The minimum atomic E-state index is -4.01. The second-order valence-corrected chi connectivity index (χ2v) is 6.53. The van der Waals surface area contributed by atoms with Crippen LogP contribution in [0.15, 0.2) is 36.4 Å². The summed E-state index contributed by atoms with van der Waals surface area (Å²) in [5, 5.41) is 12.9. The zero-order valence-corrected chi connectivity index (χ0v) is 12.8. The van der Waals surface area contributed by atoms with Gasteiger partial charge < -0.3 is 9.84 Å². The van der Waals surface area contributed by atoms with Crippen LogP contribution in [0.25, 0.3) is 0 Å². The molecule has 0 radical (unpaired) electrons. The SMILES string of the molecule is CN(C)S(=O)(=O)n1nc(COc2ccccc2)cc1C(=O)O. The summed E-state index contributed by atoms with van der Waals surface area (Å²) in [5.74, 6) is -0.812. The van der Waals surface area contributed by atoms with Crippen LogP contribution in [0.5, 0.6) is 5.75 Å². The molecular formula is C13H15N3O5S. The van der Waals surface area contributed by atoms with Crippen molar-refractivity contribution in [2.75, 3.05) is 14.1 Å². The zero-order valence-electron chi connectivity index (χ0n) is 12.0. The van der Waals surface area contributed by atoms with Gasteiger partial charge in [0.2, 0.25) is 0 Å². The summed E-state index contributed by atoms with van der Waals surface area (Å²) in [6.07, 6.45) is 0. The summed E-state index contributed by atoms with van der Waals surface area (Å²) in [4.78, 5) is 11.2. The molecule has 1 aromatic heterocycles. The van der Waals surface area contributed by atoms with Gasteiger partial charge in [0.05, 0.1) is 0 Å². The van der Waals surface area contributed by atoms with Gasteiger partial charge in [-0.05, 0) is 18.2 Å². The third-order valence-electron chi connectivity index (χ3n) is 2.76. The standard InChI is InChI=1S/C13H15N3O5S/c1-15(2)22(19,20)16-12(13(17)18)8-10(14-16)9-21-11-6-4-3-5-7-11/h3-8H,9H2,1-2H3,(H,17,18). The molecule has 9 heteroatoms. The van der Waals surface area contributed by atoms with E-state index in [9.17, 15) is 13.2 Å². The van der Waals surface area contributed by atoms with Gasteiger partial charge in [-0.15, -0.1) is 4.09 Å². The fourth-order valence-electron chi connectivity index (χ4n) is 1.63. The molecule has 118 valence electrons. The Labute approximate surface area is 127 Å². The molecule has 0 aliphatic carbocycles. The minimum absolute atomic E-state index is 0.0414. The molecule has 0 aliphatic rings. The Hall–Kier alpha value is -2.39. The van der Waals surface area contributed by atoms with E-state index in [2.05, 4.69) is 5.10 Å². The first-order valence-electron chi connectivity index (χ1n) is 6.25. The van der Waals surface area contributed by atoms with Crippen molar-refractivity contribution >= 4 is 16.2 Å². The number of hydrogen-bond acceptors (Lipinski definition) is 5. The highest BCUT2D eigenvalue weighted by atomic mass is 32.2. The van der Waals surface area contributed by atoms with Crippen molar-refractivity contribution in [1.29, 1.82) is 0 Å². The van der Waals surface area contributed by atoms with Crippen LogP contribution in [-0.2, 0) is 16.8 Å². The highest BCUT2D eigenvalue weighted by Gasteiger charge is 2.26. The third kappa shape index (κ3) is 3.26. The normalized spacial score (nSPS) is 11.6. The van der Waals surface area contributed by atoms with Gasteiger partial charge in [0.15, 0.2) is 5.69 Å². The lowest BCUT2D eigenvalue weighted by Crippen LogP contribution is -2.32. The van der Waals surface area contributed by atoms with Crippen LogP contribution in [0.2, 0.25) is 0 Å². The maximum absolute atomic E-state index is 12.1. The maximum atomic E-state index is 12.1. The Bertz CT molecular complexity index is 768. The van der Waals surface area contributed by atoms with Crippen molar-refractivity contribution in [3.8, 4) is 5.75 Å². The number of benzene rings is 1. The molecule has 0 amide bonds. The van der Waals surface area contributed by atoms with Crippen molar-refractivity contribution in [3.63, 3.8) is 0 Å². The molecule has 0 aliphatic heterocycles. The number of carboxylic acids is 1. The topological polar surface area (TPSA) is 102 Å². The Balaban J connectivity index is 2.30. The Morgan fingerprint density at radius 1 is 1.32 bits per heavy atom. The average molecular weight is 325 g/mol. The first-order valence-corrected chi connectivity index (χ1v) is 7.65. The summed E-state index contributed by atoms with van der Waals surface area (Å²) in [5.41, 5.74) is -0.243. The molecule has 0 atom stereocenters. The molecule has 0 saturated carbocycles. The third-order valence-corrected chi connectivity index (χ3v) is 4.40. The molecule has 1 heterocycles. The second kappa shape index (κ2) is 6.16. The fraction of sp³-hybridized carbons (Fsp3) is 0.231. The lowest BCUT2D eigenvalue weighted by atomic mass is 10.3. The summed E-state index contributed by atoms with van der Waals surface area (Å²) in [6, 6.07) is 10.0. The maximum Gasteiger partial charge on any atom is 0.355 e. The summed E-state index contributed by atoms with van der Waals surface area (Å²) < 4.78 is 30.9.